The molecule has 0 N–H and O–H groups in total. The zero-order valence-corrected chi connectivity index (χ0v) is 9.22. The average molecular weight is 169 g/mol. The molecule has 1 aliphatic heterocycles. The second-order valence-corrected chi connectivity index (χ2v) is 5.52. The third-order valence-electron chi connectivity index (χ3n) is 3.14. The van der Waals surface area contributed by atoms with Crippen LogP contribution in [0.1, 0.15) is 34.1 Å². The van der Waals surface area contributed by atoms with E-state index >= 15 is 0 Å². The van der Waals surface area contributed by atoms with E-state index in [0.29, 0.717) is 5.41 Å². The lowest BCUT2D eigenvalue weighted by Crippen LogP contribution is -2.30. The van der Waals surface area contributed by atoms with Crippen LogP contribution in [0.15, 0.2) is 0 Å². The summed E-state index contributed by atoms with van der Waals surface area (Å²) in [4.78, 5) is 2.48. The van der Waals surface area contributed by atoms with Crippen molar-refractivity contribution in [2.75, 3.05) is 20.1 Å². The Hall–Kier alpha value is -0.0400. The predicted molar refractivity (Wildman–Crippen MR) is 54.2 cm³/mol. The normalized spacial score (nSPS) is 37.8. The maximum Gasteiger partial charge on any atom is 0.00298 e. The van der Waals surface area contributed by atoms with E-state index in [0.717, 1.165) is 11.8 Å². The molecule has 0 radical (unpaired) electrons. The van der Waals surface area contributed by atoms with Gasteiger partial charge in [0.2, 0.25) is 0 Å². The Kier molecular flexibility index (Phi) is 2.82. The third-order valence-corrected chi connectivity index (χ3v) is 3.14. The second kappa shape index (κ2) is 3.37. The van der Waals surface area contributed by atoms with Gasteiger partial charge in [0.15, 0.2) is 0 Å². The number of likely N-dealkylation sites (tertiary alicyclic amines) is 1. The van der Waals surface area contributed by atoms with E-state index in [4.69, 9.17) is 0 Å². The molecule has 2 atom stereocenters. The zero-order valence-electron chi connectivity index (χ0n) is 9.22. The Balaban J connectivity index is 2.66. The van der Waals surface area contributed by atoms with Crippen molar-refractivity contribution in [1.82, 2.24) is 4.90 Å². The van der Waals surface area contributed by atoms with Crippen molar-refractivity contribution in [1.29, 1.82) is 0 Å². The lowest BCUT2D eigenvalue weighted by Gasteiger charge is -2.27. The first kappa shape index (κ1) is 10.0. The Morgan fingerprint density at radius 2 is 1.75 bits per heavy atom. The largest absolute Gasteiger partial charge is 0.306 e. The van der Waals surface area contributed by atoms with E-state index in [1.54, 1.807) is 0 Å². The summed E-state index contributed by atoms with van der Waals surface area (Å²) >= 11 is 0. The predicted octanol–water partition coefficient (Wildman–Crippen LogP) is 2.62. The van der Waals surface area contributed by atoms with Crippen LogP contribution in [-0.4, -0.2) is 25.0 Å². The molecule has 72 valence electrons. The van der Waals surface area contributed by atoms with Crippen molar-refractivity contribution < 1.29 is 0 Å². The molecule has 1 aliphatic rings. The van der Waals surface area contributed by atoms with Gasteiger partial charge >= 0.3 is 0 Å². The highest BCUT2D eigenvalue weighted by Gasteiger charge is 2.29. The molecule has 0 aromatic heterocycles. The minimum Gasteiger partial charge on any atom is -0.306 e. The van der Waals surface area contributed by atoms with Crippen molar-refractivity contribution in [3.8, 4) is 0 Å². The van der Waals surface area contributed by atoms with Crippen LogP contribution in [0.5, 0.6) is 0 Å². The Morgan fingerprint density at radius 1 is 1.17 bits per heavy atom. The monoisotopic (exact) mass is 169 g/mol. The summed E-state index contributed by atoms with van der Waals surface area (Å²) in [6.45, 7) is 12.1. The molecule has 1 nitrogen and oxygen atoms in total. The number of hydrogen-bond acceptors (Lipinski definition) is 1. The molecule has 1 saturated heterocycles. The van der Waals surface area contributed by atoms with E-state index in [1.165, 1.54) is 19.5 Å². The van der Waals surface area contributed by atoms with E-state index < -0.39 is 0 Å². The fourth-order valence-corrected chi connectivity index (χ4v) is 2.60. The van der Waals surface area contributed by atoms with Gasteiger partial charge in [0.25, 0.3) is 0 Å². The van der Waals surface area contributed by atoms with Gasteiger partial charge in [0.1, 0.15) is 0 Å². The Labute approximate surface area is 77.1 Å². The topological polar surface area (TPSA) is 3.24 Å². The van der Waals surface area contributed by atoms with Gasteiger partial charge in [-0.2, -0.15) is 0 Å². The molecular weight excluding hydrogens is 146 g/mol. The molecule has 0 spiro atoms. The summed E-state index contributed by atoms with van der Waals surface area (Å²) in [5, 5.41) is 0. The van der Waals surface area contributed by atoms with Gasteiger partial charge in [-0.1, -0.05) is 27.7 Å². The fraction of sp³-hybridized carbons (Fsp3) is 1.00. The fourth-order valence-electron chi connectivity index (χ4n) is 2.60. The van der Waals surface area contributed by atoms with E-state index in [2.05, 4.69) is 39.6 Å². The van der Waals surface area contributed by atoms with E-state index in [-0.39, 0.29) is 0 Å². The molecule has 0 aromatic rings. The lowest BCUT2D eigenvalue weighted by molar-refractivity contribution is 0.221. The molecule has 1 rings (SSSR count). The molecule has 0 bridgehead atoms. The van der Waals surface area contributed by atoms with Gasteiger partial charge in [0, 0.05) is 13.1 Å². The van der Waals surface area contributed by atoms with Crippen LogP contribution in [0.4, 0.5) is 0 Å². The number of hydrogen-bond donors (Lipinski definition) is 0. The van der Waals surface area contributed by atoms with Crippen molar-refractivity contribution in [2.45, 2.75) is 34.1 Å². The SMILES string of the molecule is CC1CN(C)CC(C)(C)CC1C. The van der Waals surface area contributed by atoms with Crippen LogP contribution >= 0.6 is 0 Å². The molecule has 0 amide bonds. The van der Waals surface area contributed by atoms with Gasteiger partial charge in [-0.15, -0.1) is 0 Å². The van der Waals surface area contributed by atoms with Crippen molar-refractivity contribution >= 4 is 0 Å². The van der Waals surface area contributed by atoms with Crippen LogP contribution in [0.3, 0.4) is 0 Å². The van der Waals surface area contributed by atoms with Crippen LogP contribution in [0, 0.1) is 17.3 Å². The van der Waals surface area contributed by atoms with Crippen LogP contribution < -0.4 is 0 Å². The summed E-state index contributed by atoms with van der Waals surface area (Å²) < 4.78 is 0. The van der Waals surface area contributed by atoms with Gasteiger partial charge < -0.3 is 4.90 Å². The van der Waals surface area contributed by atoms with Crippen LogP contribution in [0.25, 0.3) is 0 Å². The molecule has 12 heavy (non-hydrogen) atoms. The lowest BCUT2D eigenvalue weighted by atomic mass is 9.81. The molecular formula is C11H23N. The second-order valence-electron chi connectivity index (χ2n) is 5.52. The quantitative estimate of drug-likeness (QED) is 0.539. The Bertz CT molecular complexity index is 151. The standard InChI is InChI=1S/C11H23N/c1-9-6-11(3,4)8-12(5)7-10(9)2/h9-10H,6-8H2,1-5H3. The number of rotatable bonds is 0. The first-order valence-electron chi connectivity index (χ1n) is 5.09. The van der Waals surface area contributed by atoms with E-state index in [9.17, 15) is 0 Å². The highest BCUT2D eigenvalue weighted by molar-refractivity contribution is 4.82. The molecule has 1 heterocycles. The summed E-state index contributed by atoms with van der Waals surface area (Å²) in [6.07, 6.45) is 1.37. The summed E-state index contributed by atoms with van der Waals surface area (Å²) in [7, 11) is 2.25. The van der Waals surface area contributed by atoms with Gasteiger partial charge in [-0.3, -0.25) is 0 Å². The van der Waals surface area contributed by atoms with Crippen molar-refractivity contribution in [3.63, 3.8) is 0 Å². The highest BCUT2D eigenvalue weighted by atomic mass is 15.1. The average Bonchev–Trinajstić information content (AvgIpc) is 1.89. The molecule has 0 aromatic carbocycles. The minimum atomic E-state index is 0.513. The molecule has 1 heteroatoms. The van der Waals surface area contributed by atoms with Crippen LogP contribution in [-0.2, 0) is 0 Å². The van der Waals surface area contributed by atoms with Gasteiger partial charge in [0.05, 0.1) is 0 Å². The first-order valence-corrected chi connectivity index (χ1v) is 5.09. The van der Waals surface area contributed by atoms with Gasteiger partial charge in [-0.25, -0.2) is 0 Å². The van der Waals surface area contributed by atoms with Crippen molar-refractivity contribution in [3.05, 3.63) is 0 Å². The zero-order chi connectivity index (χ0) is 9.35. The van der Waals surface area contributed by atoms with E-state index in [1.807, 2.05) is 0 Å². The minimum absolute atomic E-state index is 0.513. The smallest absolute Gasteiger partial charge is 0.00298 e. The maximum absolute atomic E-state index is 2.48. The summed E-state index contributed by atoms with van der Waals surface area (Å²) in [5.74, 6) is 1.74. The summed E-state index contributed by atoms with van der Waals surface area (Å²) in [5.41, 5.74) is 0.513. The van der Waals surface area contributed by atoms with Crippen LogP contribution in [0.2, 0.25) is 0 Å². The maximum atomic E-state index is 2.48. The molecule has 0 saturated carbocycles. The molecule has 0 aliphatic carbocycles. The molecule has 2 unspecified atom stereocenters. The number of nitrogens with zero attached hydrogens (tertiary/aromatic N) is 1. The van der Waals surface area contributed by atoms with Crippen molar-refractivity contribution in [2.24, 2.45) is 17.3 Å². The summed E-state index contributed by atoms with van der Waals surface area (Å²) in [6, 6.07) is 0. The first-order chi connectivity index (χ1) is 5.41. The molecule has 1 fully saturated rings. The highest BCUT2D eigenvalue weighted by Crippen LogP contribution is 2.33. The van der Waals surface area contributed by atoms with Gasteiger partial charge in [-0.05, 0) is 30.7 Å². The Morgan fingerprint density at radius 3 is 2.33 bits per heavy atom. The third kappa shape index (κ3) is 2.48.